The molecular formula is C12H11ClN2O3. The minimum Gasteiger partial charge on any atom is -0.490 e. The van der Waals surface area contributed by atoms with E-state index >= 15 is 0 Å². The number of rotatable bonds is 2. The van der Waals surface area contributed by atoms with Gasteiger partial charge in [-0.3, -0.25) is 0 Å². The van der Waals surface area contributed by atoms with Gasteiger partial charge in [0.1, 0.15) is 24.7 Å². The van der Waals surface area contributed by atoms with Gasteiger partial charge in [-0.05, 0) is 6.92 Å². The quantitative estimate of drug-likeness (QED) is 0.782. The Hall–Kier alpha value is -1.75. The molecule has 0 radical (unpaired) electrons. The molecule has 3 rings (SSSR count). The van der Waals surface area contributed by atoms with Crippen LogP contribution in [0.3, 0.4) is 0 Å². The summed E-state index contributed by atoms with van der Waals surface area (Å²) in [5.41, 5.74) is 0.683. The van der Waals surface area contributed by atoms with Crippen molar-refractivity contribution < 1.29 is 14.2 Å². The van der Waals surface area contributed by atoms with Crippen LogP contribution in [-0.2, 0) is 0 Å². The van der Waals surface area contributed by atoms with E-state index in [1.54, 1.807) is 6.07 Å². The third-order valence-corrected chi connectivity index (χ3v) is 2.92. The van der Waals surface area contributed by atoms with Crippen molar-refractivity contribution in [2.45, 2.75) is 6.92 Å². The monoisotopic (exact) mass is 266 g/mol. The van der Waals surface area contributed by atoms with Crippen LogP contribution in [-0.4, -0.2) is 29.8 Å². The van der Waals surface area contributed by atoms with Crippen LogP contribution in [0.15, 0.2) is 12.4 Å². The van der Waals surface area contributed by atoms with E-state index in [0.717, 1.165) is 0 Å². The number of hydrogen-bond acceptors (Lipinski definition) is 5. The summed E-state index contributed by atoms with van der Waals surface area (Å²) in [5.74, 6) is 1.76. The lowest BCUT2D eigenvalue weighted by atomic mass is 10.2. The van der Waals surface area contributed by atoms with E-state index in [2.05, 4.69) is 9.97 Å². The lowest BCUT2D eigenvalue weighted by Crippen LogP contribution is -2.16. The second kappa shape index (κ2) is 4.49. The number of aromatic nitrogens is 2. The zero-order valence-corrected chi connectivity index (χ0v) is 10.5. The summed E-state index contributed by atoms with van der Waals surface area (Å²) in [5, 5.41) is 1.02. The maximum Gasteiger partial charge on any atom is 0.204 e. The summed E-state index contributed by atoms with van der Waals surface area (Å²) in [4.78, 5) is 8.15. The van der Waals surface area contributed by atoms with Crippen molar-refractivity contribution in [1.82, 2.24) is 9.97 Å². The molecular weight excluding hydrogens is 256 g/mol. The van der Waals surface area contributed by atoms with E-state index in [0.29, 0.717) is 53.1 Å². The van der Waals surface area contributed by atoms with Gasteiger partial charge in [0, 0.05) is 6.07 Å². The van der Waals surface area contributed by atoms with E-state index in [-0.39, 0.29) is 0 Å². The fourth-order valence-corrected chi connectivity index (χ4v) is 2.16. The van der Waals surface area contributed by atoms with Crippen LogP contribution in [0.4, 0.5) is 0 Å². The highest BCUT2D eigenvalue weighted by Crippen LogP contribution is 2.46. The molecule has 1 aliphatic heterocycles. The highest BCUT2D eigenvalue weighted by atomic mass is 35.5. The summed E-state index contributed by atoms with van der Waals surface area (Å²) in [6.07, 6.45) is 1.41. The molecule has 2 aromatic rings. The number of nitrogens with zero attached hydrogens (tertiary/aromatic N) is 2. The van der Waals surface area contributed by atoms with Crippen LogP contribution in [0.25, 0.3) is 10.9 Å². The normalized spacial score (nSPS) is 13.7. The van der Waals surface area contributed by atoms with Crippen LogP contribution < -0.4 is 14.2 Å². The topological polar surface area (TPSA) is 53.5 Å². The molecule has 0 fully saturated rings. The van der Waals surface area contributed by atoms with Gasteiger partial charge in [0.15, 0.2) is 11.5 Å². The maximum atomic E-state index is 6.10. The van der Waals surface area contributed by atoms with Crippen molar-refractivity contribution in [3.63, 3.8) is 0 Å². The SMILES string of the molecule is CCOc1cc2ncnc(Cl)c2c2c1OCCO2. The van der Waals surface area contributed by atoms with Gasteiger partial charge in [0.05, 0.1) is 17.5 Å². The number of hydrogen-bond donors (Lipinski definition) is 0. The van der Waals surface area contributed by atoms with Crippen molar-refractivity contribution in [2.24, 2.45) is 0 Å². The second-order valence-corrected chi connectivity index (χ2v) is 4.08. The molecule has 0 atom stereocenters. The first kappa shape index (κ1) is 11.3. The van der Waals surface area contributed by atoms with E-state index in [1.165, 1.54) is 6.33 Å². The van der Waals surface area contributed by atoms with E-state index in [4.69, 9.17) is 25.8 Å². The summed E-state index contributed by atoms with van der Waals surface area (Å²) >= 11 is 6.10. The minimum absolute atomic E-state index is 0.352. The highest BCUT2D eigenvalue weighted by molar-refractivity contribution is 6.34. The summed E-state index contributed by atoms with van der Waals surface area (Å²) < 4.78 is 16.8. The van der Waals surface area contributed by atoms with E-state index < -0.39 is 0 Å². The Bertz CT molecular complexity index is 603. The van der Waals surface area contributed by atoms with Gasteiger partial charge in [-0.15, -0.1) is 0 Å². The van der Waals surface area contributed by atoms with Gasteiger partial charge >= 0.3 is 0 Å². The Morgan fingerprint density at radius 2 is 2.06 bits per heavy atom. The Balaban J connectivity index is 2.32. The van der Waals surface area contributed by atoms with Crippen LogP contribution in [0.2, 0.25) is 5.15 Å². The Labute approximate surface area is 109 Å². The molecule has 6 heteroatoms. The maximum absolute atomic E-state index is 6.10. The molecule has 1 aromatic carbocycles. The molecule has 0 saturated heterocycles. The average Bonchev–Trinajstić information content (AvgIpc) is 2.39. The van der Waals surface area contributed by atoms with Gasteiger partial charge in [0.25, 0.3) is 0 Å². The van der Waals surface area contributed by atoms with Crippen LogP contribution >= 0.6 is 11.6 Å². The van der Waals surface area contributed by atoms with Gasteiger partial charge < -0.3 is 14.2 Å². The van der Waals surface area contributed by atoms with Crippen LogP contribution in [0, 0.1) is 0 Å². The van der Waals surface area contributed by atoms with Crippen molar-refractivity contribution in [1.29, 1.82) is 0 Å². The molecule has 18 heavy (non-hydrogen) atoms. The number of ether oxygens (including phenoxy) is 3. The number of halogens is 1. The summed E-state index contributed by atoms with van der Waals surface area (Å²) in [7, 11) is 0. The first-order chi connectivity index (χ1) is 8.81. The van der Waals surface area contributed by atoms with Crippen molar-refractivity contribution >= 4 is 22.5 Å². The molecule has 1 aromatic heterocycles. The first-order valence-electron chi connectivity index (χ1n) is 5.67. The van der Waals surface area contributed by atoms with Crippen LogP contribution in [0.1, 0.15) is 6.92 Å². The summed E-state index contributed by atoms with van der Waals surface area (Å²) in [6.45, 7) is 3.42. The largest absolute Gasteiger partial charge is 0.490 e. The number of benzene rings is 1. The molecule has 0 aliphatic carbocycles. The predicted octanol–water partition coefficient (Wildman–Crippen LogP) is 2.45. The third kappa shape index (κ3) is 1.71. The third-order valence-electron chi connectivity index (χ3n) is 2.63. The standard InChI is InChI=1S/C12H11ClN2O3/c1-2-16-8-5-7-9(12(13)15-6-14-7)11-10(8)17-3-4-18-11/h5-6H,2-4H2,1H3. The Kier molecular flexibility index (Phi) is 2.83. The molecule has 0 amide bonds. The van der Waals surface area contributed by atoms with E-state index in [9.17, 15) is 0 Å². The fourth-order valence-electron chi connectivity index (χ4n) is 1.94. The van der Waals surface area contributed by atoms with Crippen molar-refractivity contribution in [2.75, 3.05) is 19.8 Å². The molecule has 1 aliphatic rings. The lowest BCUT2D eigenvalue weighted by Gasteiger charge is -2.22. The average molecular weight is 267 g/mol. The predicted molar refractivity (Wildman–Crippen MR) is 66.7 cm³/mol. The zero-order chi connectivity index (χ0) is 12.5. The molecule has 0 spiro atoms. The molecule has 94 valence electrons. The lowest BCUT2D eigenvalue weighted by molar-refractivity contribution is 0.165. The van der Waals surface area contributed by atoms with E-state index in [1.807, 2.05) is 6.92 Å². The van der Waals surface area contributed by atoms with Crippen molar-refractivity contribution in [3.8, 4) is 17.2 Å². The molecule has 0 unspecified atom stereocenters. The van der Waals surface area contributed by atoms with Gasteiger partial charge in [-0.25, -0.2) is 9.97 Å². The van der Waals surface area contributed by atoms with Gasteiger partial charge in [-0.2, -0.15) is 0 Å². The Morgan fingerprint density at radius 1 is 1.28 bits per heavy atom. The zero-order valence-electron chi connectivity index (χ0n) is 9.77. The van der Waals surface area contributed by atoms with Crippen LogP contribution in [0.5, 0.6) is 17.2 Å². The summed E-state index contributed by atoms with van der Waals surface area (Å²) in [6, 6.07) is 1.79. The molecule has 0 N–H and O–H groups in total. The number of fused-ring (bicyclic) bond motifs is 3. The molecule has 0 bridgehead atoms. The fraction of sp³-hybridized carbons (Fsp3) is 0.333. The first-order valence-corrected chi connectivity index (χ1v) is 6.04. The molecule has 2 heterocycles. The van der Waals surface area contributed by atoms with Gasteiger partial charge in [-0.1, -0.05) is 11.6 Å². The molecule has 5 nitrogen and oxygen atoms in total. The smallest absolute Gasteiger partial charge is 0.204 e. The second-order valence-electron chi connectivity index (χ2n) is 3.72. The molecule has 0 saturated carbocycles. The Morgan fingerprint density at radius 3 is 2.83 bits per heavy atom. The van der Waals surface area contributed by atoms with Gasteiger partial charge in [0.2, 0.25) is 5.75 Å². The van der Waals surface area contributed by atoms with Crippen molar-refractivity contribution in [3.05, 3.63) is 17.5 Å². The highest BCUT2D eigenvalue weighted by Gasteiger charge is 2.23. The minimum atomic E-state index is 0.352.